The zero-order chi connectivity index (χ0) is 15.8. The third-order valence-corrected chi connectivity index (χ3v) is 4.16. The number of hydrogen-bond acceptors (Lipinski definition) is 4. The van der Waals surface area contributed by atoms with E-state index in [1.54, 1.807) is 0 Å². The van der Waals surface area contributed by atoms with Crippen LogP contribution in [0.2, 0.25) is 0 Å². The summed E-state index contributed by atoms with van der Waals surface area (Å²) < 4.78 is 69.9. The second-order valence-electron chi connectivity index (χ2n) is 4.30. The van der Waals surface area contributed by atoms with Crippen molar-refractivity contribution < 1.29 is 26.1 Å². The summed E-state index contributed by atoms with van der Waals surface area (Å²) in [5, 5.41) is 3.54. The van der Waals surface area contributed by atoms with Gasteiger partial charge in [0.1, 0.15) is 11.4 Å². The monoisotopic (exact) mass is 320 g/mol. The molecule has 5 nitrogen and oxygen atoms in total. The predicted molar refractivity (Wildman–Crippen MR) is 68.2 cm³/mol. The smallest absolute Gasteiger partial charge is 0.359 e. The average Bonchev–Trinajstić information content (AvgIpc) is 2.69. The van der Waals surface area contributed by atoms with Crippen molar-refractivity contribution >= 4 is 15.7 Å². The SMILES string of the molecule is Cc1noc(C)c1NS(=O)(=O)c1ccccc1C(F)(F)F. The van der Waals surface area contributed by atoms with Crippen LogP contribution < -0.4 is 4.72 Å². The van der Waals surface area contributed by atoms with Crippen LogP contribution in [0.3, 0.4) is 0 Å². The third-order valence-electron chi connectivity index (χ3n) is 2.75. The van der Waals surface area contributed by atoms with Gasteiger partial charge in [0.2, 0.25) is 0 Å². The number of aromatic nitrogens is 1. The lowest BCUT2D eigenvalue weighted by Gasteiger charge is -2.14. The number of nitrogens with zero attached hydrogens (tertiary/aromatic N) is 1. The van der Waals surface area contributed by atoms with Crippen molar-refractivity contribution in [2.24, 2.45) is 0 Å². The summed E-state index contributed by atoms with van der Waals surface area (Å²) in [7, 11) is -4.41. The Morgan fingerprint density at radius 3 is 2.33 bits per heavy atom. The lowest BCUT2D eigenvalue weighted by atomic mass is 10.2. The van der Waals surface area contributed by atoms with Crippen molar-refractivity contribution in [3.8, 4) is 0 Å². The maximum Gasteiger partial charge on any atom is 0.417 e. The number of hydrogen-bond donors (Lipinski definition) is 1. The summed E-state index contributed by atoms with van der Waals surface area (Å²) in [5.74, 6) is 0.167. The van der Waals surface area contributed by atoms with E-state index in [9.17, 15) is 21.6 Å². The molecule has 21 heavy (non-hydrogen) atoms. The Hall–Kier alpha value is -2.03. The second kappa shape index (κ2) is 5.06. The highest BCUT2D eigenvalue weighted by atomic mass is 32.2. The van der Waals surface area contributed by atoms with Gasteiger partial charge in [0.25, 0.3) is 10.0 Å². The molecule has 0 bridgehead atoms. The van der Waals surface area contributed by atoms with Gasteiger partial charge in [-0.1, -0.05) is 17.3 Å². The van der Waals surface area contributed by atoms with Crippen molar-refractivity contribution in [1.82, 2.24) is 5.16 Å². The van der Waals surface area contributed by atoms with Crippen LogP contribution in [0, 0.1) is 13.8 Å². The molecule has 114 valence electrons. The first kappa shape index (κ1) is 15.4. The molecular weight excluding hydrogens is 309 g/mol. The minimum absolute atomic E-state index is 0.0342. The van der Waals surface area contributed by atoms with Crippen molar-refractivity contribution in [3.05, 3.63) is 41.3 Å². The quantitative estimate of drug-likeness (QED) is 0.943. The van der Waals surface area contributed by atoms with Crippen LogP contribution in [0.4, 0.5) is 18.9 Å². The van der Waals surface area contributed by atoms with Crippen molar-refractivity contribution in [1.29, 1.82) is 0 Å². The Morgan fingerprint density at radius 2 is 1.81 bits per heavy atom. The molecular formula is C12H11F3N2O3S. The molecule has 2 rings (SSSR count). The van der Waals surface area contributed by atoms with E-state index >= 15 is 0 Å². The first-order chi connectivity index (χ1) is 9.63. The van der Waals surface area contributed by atoms with Crippen molar-refractivity contribution in [2.45, 2.75) is 24.9 Å². The number of sulfonamides is 1. The Morgan fingerprint density at radius 1 is 1.19 bits per heavy atom. The largest absolute Gasteiger partial charge is 0.417 e. The van der Waals surface area contributed by atoms with Gasteiger partial charge in [-0.2, -0.15) is 13.2 Å². The highest BCUT2D eigenvalue weighted by Crippen LogP contribution is 2.35. The van der Waals surface area contributed by atoms with Crippen molar-refractivity contribution in [2.75, 3.05) is 4.72 Å². The standard InChI is InChI=1S/C12H11F3N2O3S/c1-7-11(8(2)20-16-7)17-21(18,19)10-6-4-3-5-9(10)12(13,14)15/h3-6,17H,1-2H3. The molecule has 0 saturated heterocycles. The Bertz CT molecular complexity index is 747. The highest BCUT2D eigenvalue weighted by molar-refractivity contribution is 7.92. The Labute approximate surface area is 118 Å². The molecule has 1 aromatic carbocycles. The number of nitrogens with one attached hydrogen (secondary N) is 1. The minimum atomic E-state index is -4.77. The van der Waals surface area contributed by atoms with E-state index in [0.29, 0.717) is 6.07 Å². The fourth-order valence-corrected chi connectivity index (χ4v) is 3.15. The maximum atomic E-state index is 12.9. The van der Waals surface area contributed by atoms with Gasteiger partial charge in [-0.15, -0.1) is 0 Å². The fourth-order valence-electron chi connectivity index (χ4n) is 1.75. The van der Waals surface area contributed by atoms with Gasteiger partial charge in [-0.05, 0) is 26.0 Å². The minimum Gasteiger partial charge on any atom is -0.359 e. The molecule has 0 aliphatic rings. The molecule has 0 amide bonds. The topological polar surface area (TPSA) is 72.2 Å². The van der Waals surface area contributed by atoms with Crippen LogP contribution in [-0.4, -0.2) is 13.6 Å². The number of halogens is 3. The lowest BCUT2D eigenvalue weighted by Crippen LogP contribution is -2.19. The van der Waals surface area contributed by atoms with Crippen LogP contribution in [0.1, 0.15) is 17.0 Å². The zero-order valence-electron chi connectivity index (χ0n) is 11.0. The zero-order valence-corrected chi connectivity index (χ0v) is 11.8. The molecule has 0 saturated carbocycles. The normalized spacial score (nSPS) is 12.4. The van der Waals surface area contributed by atoms with E-state index in [2.05, 4.69) is 9.88 Å². The average molecular weight is 320 g/mol. The summed E-state index contributed by atoms with van der Waals surface area (Å²) in [6.45, 7) is 2.93. The van der Waals surface area contributed by atoms with E-state index in [4.69, 9.17) is 4.52 Å². The number of rotatable bonds is 3. The summed E-state index contributed by atoms with van der Waals surface area (Å²) in [5.41, 5.74) is -0.961. The van der Waals surface area contributed by atoms with Crippen LogP contribution in [0.15, 0.2) is 33.7 Å². The molecule has 0 unspecified atom stereocenters. The van der Waals surface area contributed by atoms with Gasteiger partial charge >= 0.3 is 6.18 Å². The van der Waals surface area contributed by atoms with Crippen LogP contribution in [0.25, 0.3) is 0 Å². The third kappa shape index (κ3) is 3.02. The van der Waals surface area contributed by atoms with Crippen LogP contribution in [-0.2, 0) is 16.2 Å². The van der Waals surface area contributed by atoms with E-state index in [-0.39, 0.29) is 17.1 Å². The molecule has 1 heterocycles. The maximum absolute atomic E-state index is 12.9. The summed E-state index contributed by atoms with van der Waals surface area (Å²) in [4.78, 5) is -0.850. The first-order valence-corrected chi connectivity index (χ1v) is 7.23. The van der Waals surface area contributed by atoms with E-state index in [1.807, 2.05) is 0 Å². The lowest BCUT2D eigenvalue weighted by molar-refractivity contribution is -0.139. The number of anilines is 1. The molecule has 1 N–H and O–H groups in total. The van der Waals surface area contributed by atoms with Gasteiger partial charge in [0, 0.05) is 0 Å². The molecule has 0 spiro atoms. The predicted octanol–water partition coefficient (Wildman–Crippen LogP) is 3.11. The highest BCUT2D eigenvalue weighted by Gasteiger charge is 2.37. The molecule has 1 aromatic heterocycles. The number of aryl methyl sites for hydroxylation is 2. The van der Waals surface area contributed by atoms with Gasteiger partial charge in [0.15, 0.2) is 5.76 Å². The molecule has 2 aromatic rings. The van der Waals surface area contributed by atoms with Gasteiger partial charge in [0.05, 0.1) is 10.5 Å². The van der Waals surface area contributed by atoms with E-state index in [1.165, 1.54) is 19.9 Å². The summed E-state index contributed by atoms with van der Waals surface area (Å²) >= 11 is 0. The molecule has 0 aliphatic carbocycles. The molecule has 0 atom stereocenters. The molecule has 0 aliphatic heterocycles. The number of alkyl halides is 3. The van der Waals surface area contributed by atoms with Gasteiger partial charge in [-0.25, -0.2) is 8.42 Å². The first-order valence-electron chi connectivity index (χ1n) is 5.75. The Balaban J connectivity index is 2.51. The van der Waals surface area contributed by atoms with Crippen LogP contribution in [0.5, 0.6) is 0 Å². The second-order valence-corrected chi connectivity index (χ2v) is 5.95. The van der Waals surface area contributed by atoms with Crippen LogP contribution >= 0.6 is 0 Å². The molecule has 9 heteroatoms. The summed E-state index contributed by atoms with van der Waals surface area (Å²) in [6.07, 6.45) is -4.77. The van der Waals surface area contributed by atoms with E-state index < -0.39 is 26.7 Å². The number of benzene rings is 1. The Kier molecular flexibility index (Phi) is 3.70. The fraction of sp³-hybridized carbons (Fsp3) is 0.250. The molecule has 0 radical (unpaired) electrons. The van der Waals surface area contributed by atoms with E-state index in [0.717, 1.165) is 12.1 Å². The van der Waals surface area contributed by atoms with Gasteiger partial charge < -0.3 is 4.52 Å². The molecule has 0 fully saturated rings. The van der Waals surface area contributed by atoms with Crippen molar-refractivity contribution in [3.63, 3.8) is 0 Å². The summed E-state index contributed by atoms with van der Waals surface area (Å²) in [6, 6.07) is 3.94. The van der Waals surface area contributed by atoms with Gasteiger partial charge in [-0.3, -0.25) is 4.72 Å².